The van der Waals surface area contributed by atoms with Gasteiger partial charge in [-0.05, 0) is 73.0 Å². The first-order valence-electron chi connectivity index (χ1n) is 11.2. The van der Waals surface area contributed by atoms with Crippen molar-refractivity contribution in [1.29, 1.82) is 0 Å². The largest absolute Gasteiger partial charge is 0.508 e. The standard InChI is InChI=1S/C26H36IN3O/c1-4-5-6-7-8-9-17-30(3)20-22-19-25(13-14-26(22)31)29-24-12-10-11-23(27)18-21(2)28-16-15-24/h10-11,13-16,18-19,29,31H,2,4-9,12,17,20H2,1,3H3/b11-10-,23-18+,24-15+,28-16-. The van der Waals surface area contributed by atoms with Crippen molar-refractivity contribution < 1.29 is 5.11 Å². The first-order valence-corrected chi connectivity index (χ1v) is 12.3. The van der Waals surface area contributed by atoms with Crippen molar-refractivity contribution >= 4 is 34.5 Å². The lowest BCUT2D eigenvalue weighted by molar-refractivity contribution is 0.311. The van der Waals surface area contributed by atoms with Gasteiger partial charge < -0.3 is 15.3 Å². The number of allylic oxidation sites excluding steroid dienone is 5. The van der Waals surface area contributed by atoms with Crippen LogP contribution in [-0.4, -0.2) is 29.8 Å². The molecule has 5 heteroatoms. The summed E-state index contributed by atoms with van der Waals surface area (Å²) in [7, 11) is 2.12. The second-order valence-electron chi connectivity index (χ2n) is 8.07. The van der Waals surface area contributed by atoms with Crippen molar-refractivity contribution in [3.05, 3.63) is 69.6 Å². The van der Waals surface area contributed by atoms with Crippen molar-refractivity contribution in [3.8, 4) is 5.75 Å². The Kier molecular flexibility index (Phi) is 11.7. The number of nitrogens with one attached hydrogen (secondary N) is 1. The molecule has 1 heterocycles. The number of aromatic hydroxyl groups is 1. The topological polar surface area (TPSA) is 47.9 Å². The Labute approximate surface area is 201 Å². The number of hydrogen-bond donors (Lipinski definition) is 2. The molecule has 0 unspecified atom stereocenters. The molecule has 0 saturated heterocycles. The third-order valence-electron chi connectivity index (χ3n) is 5.15. The zero-order valence-electron chi connectivity index (χ0n) is 18.9. The quantitative estimate of drug-likeness (QED) is 0.178. The maximum Gasteiger partial charge on any atom is 0.120 e. The van der Waals surface area contributed by atoms with Crippen LogP contribution < -0.4 is 5.32 Å². The van der Waals surface area contributed by atoms with E-state index in [-0.39, 0.29) is 0 Å². The summed E-state index contributed by atoms with van der Waals surface area (Å²) in [6, 6.07) is 5.72. The lowest BCUT2D eigenvalue weighted by Gasteiger charge is -2.18. The molecule has 0 amide bonds. The average Bonchev–Trinajstić information content (AvgIpc) is 2.72. The first kappa shape index (κ1) is 25.4. The summed E-state index contributed by atoms with van der Waals surface area (Å²) >= 11 is 2.28. The Hall–Kier alpha value is -1.86. The van der Waals surface area contributed by atoms with Crippen molar-refractivity contribution in [3.63, 3.8) is 0 Å². The SMILES string of the molecule is C=C1/C=C(I)\C=C/C/C(Nc2ccc(O)c(CN(C)CCCCCCCC)c2)=C\C=N/1. The van der Waals surface area contributed by atoms with Crippen LogP contribution in [-0.2, 0) is 6.54 Å². The second-order valence-corrected chi connectivity index (χ2v) is 9.32. The second kappa shape index (κ2) is 14.2. The summed E-state index contributed by atoms with van der Waals surface area (Å²) in [6.07, 6.45) is 18.4. The predicted octanol–water partition coefficient (Wildman–Crippen LogP) is 7.34. The Balaban J connectivity index is 1.95. The van der Waals surface area contributed by atoms with Gasteiger partial charge >= 0.3 is 0 Å². The van der Waals surface area contributed by atoms with Gasteiger partial charge in [-0.2, -0.15) is 0 Å². The van der Waals surface area contributed by atoms with Gasteiger partial charge in [0.05, 0.1) is 5.70 Å². The van der Waals surface area contributed by atoms with Gasteiger partial charge in [-0.25, -0.2) is 0 Å². The number of nitrogens with zero attached hydrogens (tertiary/aromatic N) is 2. The van der Waals surface area contributed by atoms with Gasteiger partial charge in [-0.3, -0.25) is 4.99 Å². The van der Waals surface area contributed by atoms with Crippen LogP contribution in [0, 0.1) is 0 Å². The van der Waals surface area contributed by atoms with Gasteiger partial charge in [0.2, 0.25) is 0 Å². The van der Waals surface area contributed by atoms with Gasteiger partial charge in [0.1, 0.15) is 5.75 Å². The lowest BCUT2D eigenvalue weighted by Crippen LogP contribution is -2.19. The van der Waals surface area contributed by atoms with E-state index in [0.29, 0.717) is 5.75 Å². The fourth-order valence-electron chi connectivity index (χ4n) is 3.43. The minimum Gasteiger partial charge on any atom is -0.508 e. The van der Waals surface area contributed by atoms with Crippen molar-refractivity contribution in [2.45, 2.75) is 58.4 Å². The van der Waals surface area contributed by atoms with Crippen LogP contribution in [0.3, 0.4) is 0 Å². The molecule has 0 aliphatic carbocycles. The molecular formula is C26H36IN3O. The molecule has 4 nitrogen and oxygen atoms in total. The van der Waals surface area contributed by atoms with Crippen LogP contribution in [0.2, 0.25) is 0 Å². The van der Waals surface area contributed by atoms with E-state index in [9.17, 15) is 5.11 Å². The summed E-state index contributed by atoms with van der Waals surface area (Å²) < 4.78 is 1.10. The van der Waals surface area contributed by atoms with Crippen LogP contribution >= 0.6 is 22.6 Å². The average molecular weight is 533 g/mol. The third-order valence-corrected chi connectivity index (χ3v) is 5.82. The van der Waals surface area contributed by atoms with E-state index in [1.807, 2.05) is 24.3 Å². The summed E-state index contributed by atoms with van der Waals surface area (Å²) in [5.41, 5.74) is 3.67. The highest BCUT2D eigenvalue weighted by atomic mass is 127. The monoisotopic (exact) mass is 533 g/mol. The van der Waals surface area contributed by atoms with Crippen LogP contribution in [0.15, 0.2) is 69.0 Å². The lowest BCUT2D eigenvalue weighted by atomic mass is 10.1. The number of phenolic OH excluding ortho intramolecular Hbond substituents is 1. The molecular weight excluding hydrogens is 497 g/mol. The number of hydrogen-bond acceptors (Lipinski definition) is 4. The van der Waals surface area contributed by atoms with Crippen molar-refractivity contribution in [2.75, 3.05) is 18.9 Å². The molecule has 168 valence electrons. The van der Waals surface area contributed by atoms with Gasteiger partial charge in [0.15, 0.2) is 0 Å². The Morgan fingerprint density at radius 1 is 1.19 bits per heavy atom. The molecule has 1 aliphatic heterocycles. The smallest absolute Gasteiger partial charge is 0.120 e. The molecule has 0 atom stereocenters. The number of halogens is 1. The number of benzene rings is 1. The molecule has 31 heavy (non-hydrogen) atoms. The maximum atomic E-state index is 10.3. The van der Waals surface area contributed by atoms with Crippen LogP contribution in [0.5, 0.6) is 5.75 Å². The van der Waals surface area contributed by atoms with Gasteiger partial charge in [-0.15, -0.1) is 0 Å². The number of anilines is 1. The Bertz CT molecular complexity index is 839. The molecule has 0 bridgehead atoms. The first-order chi connectivity index (χ1) is 15.0. The minimum atomic E-state index is 0.345. The summed E-state index contributed by atoms with van der Waals surface area (Å²) in [6.45, 7) is 7.97. The zero-order chi connectivity index (χ0) is 22.5. The Morgan fingerprint density at radius 2 is 1.97 bits per heavy atom. The van der Waals surface area contributed by atoms with Crippen LogP contribution in [0.4, 0.5) is 5.69 Å². The molecule has 1 aliphatic rings. The highest BCUT2D eigenvalue weighted by molar-refractivity contribution is 14.1. The van der Waals surface area contributed by atoms with E-state index in [4.69, 9.17) is 0 Å². The zero-order valence-corrected chi connectivity index (χ0v) is 21.1. The van der Waals surface area contributed by atoms with Gasteiger partial charge in [-0.1, -0.05) is 57.8 Å². The summed E-state index contributed by atoms with van der Waals surface area (Å²) in [4.78, 5) is 6.64. The molecule has 0 fully saturated rings. The van der Waals surface area contributed by atoms with E-state index in [0.717, 1.165) is 45.7 Å². The number of unbranched alkanes of at least 4 members (excludes halogenated alkanes) is 5. The third kappa shape index (κ3) is 10.3. The number of rotatable bonds is 11. The van der Waals surface area contributed by atoms with Crippen LogP contribution in [0.25, 0.3) is 0 Å². The number of phenols is 1. The van der Waals surface area contributed by atoms with E-state index < -0.39 is 0 Å². The predicted molar refractivity (Wildman–Crippen MR) is 143 cm³/mol. The van der Waals surface area contributed by atoms with Crippen LogP contribution in [0.1, 0.15) is 57.4 Å². The van der Waals surface area contributed by atoms with Gasteiger partial charge in [0, 0.05) is 39.7 Å². The summed E-state index contributed by atoms with van der Waals surface area (Å²) in [5, 5.41) is 13.8. The number of aliphatic imine (C=N–C) groups is 1. The maximum absolute atomic E-state index is 10.3. The molecule has 2 N–H and O–H groups in total. The highest BCUT2D eigenvalue weighted by Crippen LogP contribution is 2.25. The molecule has 0 spiro atoms. The molecule has 0 saturated carbocycles. The van der Waals surface area contributed by atoms with Crippen molar-refractivity contribution in [1.82, 2.24) is 4.90 Å². The highest BCUT2D eigenvalue weighted by Gasteiger charge is 2.08. The molecule has 1 aromatic carbocycles. The molecule has 2 rings (SSSR count). The van der Waals surface area contributed by atoms with E-state index >= 15 is 0 Å². The molecule has 1 aromatic rings. The van der Waals surface area contributed by atoms with E-state index in [1.165, 1.54) is 38.5 Å². The van der Waals surface area contributed by atoms with Gasteiger partial charge in [0.25, 0.3) is 0 Å². The fourth-order valence-corrected chi connectivity index (χ4v) is 4.05. The van der Waals surface area contributed by atoms with Crippen molar-refractivity contribution in [2.24, 2.45) is 4.99 Å². The summed E-state index contributed by atoms with van der Waals surface area (Å²) in [5.74, 6) is 0.345. The molecule has 0 radical (unpaired) electrons. The normalized spacial score (nSPS) is 19.9. The molecule has 0 aromatic heterocycles. The fraction of sp³-hybridized carbons (Fsp3) is 0.423. The Morgan fingerprint density at radius 3 is 2.77 bits per heavy atom. The van der Waals surface area contributed by atoms with E-state index in [1.54, 1.807) is 12.3 Å². The van der Waals surface area contributed by atoms with E-state index in [2.05, 4.69) is 70.5 Å². The minimum absolute atomic E-state index is 0.345.